The monoisotopic (exact) mass is 357 g/mol. The largest absolute Gasteiger partial charge is 0.619 e. The molecule has 1 amide bonds. The molecule has 0 fully saturated rings. The molecule has 0 spiro atoms. The molecule has 1 unspecified atom stereocenters. The fraction of sp³-hybridized carbons (Fsp3) is 0.0909. The van der Waals surface area contributed by atoms with Crippen LogP contribution in [0.5, 0.6) is 0 Å². The second-order valence-corrected chi connectivity index (χ2v) is 6.42. The van der Waals surface area contributed by atoms with Gasteiger partial charge in [-0.15, -0.1) is 0 Å². The van der Waals surface area contributed by atoms with E-state index in [0.29, 0.717) is 16.8 Å². The number of H-pyrrole nitrogens is 1. The summed E-state index contributed by atoms with van der Waals surface area (Å²) in [5, 5.41) is 15.5. The Morgan fingerprint density at radius 2 is 1.81 bits per heavy atom. The Kier molecular flexibility index (Phi) is 4.58. The maximum Gasteiger partial charge on any atom is 0.257 e. The first-order valence-corrected chi connectivity index (χ1v) is 8.80. The van der Waals surface area contributed by atoms with Crippen LogP contribution in [0.15, 0.2) is 85.3 Å². The molecule has 0 saturated carbocycles. The Morgan fingerprint density at radius 1 is 1.04 bits per heavy atom. The molecule has 4 rings (SSSR count). The van der Waals surface area contributed by atoms with Gasteiger partial charge >= 0.3 is 0 Å². The van der Waals surface area contributed by atoms with Crippen LogP contribution in [-0.2, 0) is 0 Å². The van der Waals surface area contributed by atoms with Crippen LogP contribution in [0.4, 0.5) is 0 Å². The van der Waals surface area contributed by atoms with Gasteiger partial charge in [-0.3, -0.25) is 4.79 Å². The highest BCUT2D eigenvalue weighted by Crippen LogP contribution is 2.30. The van der Waals surface area contributed by atoms with E-state index in [9.17, 15) is 10.0 Å². The van der Waals surface area contributed by atoms with Crippen molar-refractivity contribution in [2.75, 3.05) is 6.54 Å². The van der Waals surface area contributed by atoms with E-state index in [1.165, 1.54) is 12.4 Å². The van der Waals surface area contributed by atoms with Crippen molar-refractivity contribution in [1.82, 2.24) is 10.3 Å². The molecule has 0 saturated heterocycles. The number of rotatable bonds is 5. The quantitative estimate of drug-likeness (QED) is 0.425. The molecule has 0 radical (unpaired) electrons. The lowest BCUT2D eigenvalue weighted by Gasteiger charge is -2.18. The minimum Gasteiger partial charge on any atom is -0.619 e. The van der Waals surface area contributed by atoms with Crippen molar-refractivity contribution in [2.24, 2.45) is 0 Å². The third kappa shape index (κ3) is 3.53. The van der Waals surface area contributed by atoms with Crippen LogP contribution in [-0.4, -0.2) is 17.4 Å². The molecular formula is C22H19N3O2. The van der Waals surface area contributed by atoms with Crippen molar-refractivity contribution < 1.29 is 9.52 Å². The average molecular weight is 357 g/mol. The summed E-state index contributed by atoms with van der Waals surface area (Å²) in [6.45, 7) is 0.429. The van der Waals surface area contributed by atoms with Crippen molar-refractivity contribution in [3.8, 4) is 0 Å². The summed E-state index contributed by atoms with van der Waals surface area (Å²) in [7, 11) is 0. The summed E-state index contributed by atoms with van der Waals surface area (Å²) in [6.07, 6.45) is 4.64. The predicted octanol–water partition coefficient (Wildman–Crippen LogP) is 3.36. The van der Waals surface area contributed by atoms with E-state index in [1.807, 2.05) is 42.6 Å². The first-order chi connectivity index (χ1) is 13.2. The number of amides is 1. The van der Waals surface area contributed by atoms with Crippen LogP contribution in [0.3, 0.4) is 0 Å². The van der Waals surface area contributed by atoms with Gasteiger partial charge in [-0.1, -0.05) is 48.5 Å². The number of hydrogen-bond acceptors (Lipinski definition) is 2. The van der Waals surface area contributed by atoms with E-state index in [1.54, 1.807) is 12.1 Å². The zero-order valence-electron chi connectivity index (χ0n) is 14.6. The van der Waals surface area contributed by atoms with Gasteiger partial charge in [0.25, 0.3) is 5.91 Å². The molecule has 1 atom stereocenters. The molecule has 0 aliphatic carbocycles. The number of fused-ring (bicyclic) bond motifs is 1. The number of benzene rings is 2. The van der Waals surface area contributed by atoms with Gasteiger partial charge in [-0.25, -0.2) is 0 Å². The SMILES string of the molecule is O=C(NCC(c1ccccc1)c1c[nH]c2ccccc12)c1ccc[n+]([O-])c1. The van der Waals surface area contributed by atoms with Gasteiger partial charge in [0.05, 0.1) is 0 Å². The number of nitrogens with one attached hydrogen (secondary N) is 2. The lowest BCUT2D eigenvalue weighted by atomic mass is 9.91. The number of para-hydroxylation sites is 1. The highest BCUT2D eigenvalue weighted by Gasteiger charge is 2.19. The average Bonchev–Trinajstić information content (AvgIpc) is 3.13. The smallest absolute Gasteiger partial charge is 0.257 e. The van der Waals surface area contributed by atoms with Crippen LogP contribution in [0.25, 0.3) is 10.9 Å². The Bertz CT molecular complexity index is 1070. The van der Waals surface area contributed by atoms with E-state index < -0.39 is 0 Å². The minimum absolute atomic E-state index is 0.00520. The number of carbonyl (C=O) groups excluding carboxylic acids is 1. The van der Waals surface area contributed by atoms with E-state index in [4.69, 9.17) is 0 Å². The first-order valence-electron chi connectivity index (χ1n) is 8.80. The number of carbonyl (C=O) groups is 1. The van der Waals surface area contributed by atoms with E-state index in [2.05, 4.69) is 28.5 Å². The summed E-state index contributed by atoms with van der Waals surface area (Å²) < 4.78 is 0.628. The van der Waals surface area contributed by atoms with Gasteiger partial charge in [-0.05, 0) is 23.3 Å². The molecule has 5 heteroatoms. The van der Waals surface area contributed by atoms with Gasteiger partial charge < -0.3 is 15.5 Å². The minimum atomic E-state index is -0.263. The van der Waals surface area contributed by atoms with Crippen LogP contribution >= 0.6 is 0 Å². The van der Waals surface area contributed by atoms with Crippen molar-refractivity contribution in [1.29, 1.82) is 0 Å². The Balaban J connectivity index is 1.64. The fourth-order valence-electron chi connectivity index (χ4n) is 3.36. The van der Waals surface area contributed by atoms with Gasteiger partial charge in [0, 0.05) is 35.6 Å². The maximum atomic E-state index is 12.5. The number of pyridine rings is 1. The van der Waals surface area contributed by atoms with E-state index in [-0.39, 0.29) is 11.8 Å². The van der Waals surface area contributed by atoms with Crippen LogP contribution in [0, 0.1) is 5.21 Å². The molecular weight excluding hydrogens is 338 g/mol. The van der Waals surface area contributed by atoms with Gasteiger partial charge in [0.1, 0.15) is 5.56 Å². The van der Waals surface area contributed by atoms with Crippen LogP contribution in [0.2, 0.25) is 0 Å². The van der Waals surface area contributed by atoms with E-state index in [0.717, 1.165) is 22.0 Å². The van der Waals surface area contributed by atoms with Crippen molar-refractivity contribution in [3.63, 3.8) is 0 Å². The third-order valence-electron chi connectivity index (χ3n) is 4.70. The number of hydrogen-bond donors (Lipinski definition) is 2. The molecule has 134 valence electrons. The zero-order chi connectivity index (χ0) is 18.6. The summed E-state index contributed by atoms with van der Waals surface area (Å²) in [5.41, 5.74) is 3.66. The molecule has 2 heterocycles. The normalized spacial score (nSPS) is 12.0. The maximum absolute atomic E-state index is 12.5. The fourth-order valence-corrected chi connectivity index (χ4v) is 3.36. The first kappa shape index (κ1) is 16.8. The Hall–Kier alpha value is -3.60. The second-order valence-electron chi connectivity index (χ2n) is 6.42. The highest BCUT2D eigenvalue weighted by atomic mass is 16.5. The molecule has 5 nitrogen and oxygen atoms in total. The lowest BCUT2D eigenvalue weighted by molar-refractivity contribution is -0.605. The summed E-state index contributed by atoms with van der Waals surface area (Å²) in [6, 6.07) is 21.4. The van der Waals surface area contributed by atoms with Gasteiger partial charge in [-0.2, -0.15) is 4.73 Å². The number of aromatic nitrogens is 2. The molecule has 0 aliphatic heterocycles. The van der Waals surface area contributed by atoms with Gasteiger partial charge in [0.15, 0.2) is 12.4 Å². The molecule has 2 aromatic heterocycles. The summed E-state index contributed by atoms with van der Waals surface area (Å²) >= 11 is 0. The molecule has 0 aliphatic rings. The third-order valence-corrected chi connectivity index (χ3v) is 4.70. The molecule has 2 N–H and O–H groups in total. The second kappa shape index (κ2) is 7.33. The topological polar surface area (TPSA) is 71.8 Å². The Morgan fingerprint density at radius 3 is 2.63 bits per heavy atom. The predicted molar refractivity (Wildman–Crippen MR) is 104 cm³/mol. The zero-order valence-corrected chi connectivity index (χ0v) is 14.6. The summed E-state index contributed by atoms with van der Waals surface area (Å²) in [4.78, 5) is 15.8. The van der Waals surface area contributed by atoms with Crippen molar-refractivity contribution in [3.05, 3.63) is 107 Å². The van der Waals surface area contributed by atoms with Crippen LogP contribution < -0.4 is 10.0 Å². The van der Waals surface area contributed by atoms with Crippen LogP contribution in [0.1, 0.15) is 27.4 Å². The molecule has 27 heavy (non-hydrogen) atoms. The highest BCUT2D eigenvalue weighted by molar-refractivity contribution is 5.93. The Labute approximate surface area is 156 Å². The molecule has 0 bridgehead atoms. The number of aromatic amines is 1. The van der Waals surface area contributed by atoms with E-state index >= 15 is 0 Å². The summed E-state index contributed by atoms with van der Waals surface area (Å²) in [5.74, 6) is -0.268. The number of nitrogens with zero attached hydrogens (tertiary/aromatic N) is 1. The van der Waals surface area contributed by atoms with Crippen molar-refractivity contribution in [2.45, 2.75) is 5.92 Å². The molecule has 2 aromatic carbocycles. The molecule has 4 aromatic rings. The standard InChI is InChI=1S/C22H19N3O2/c26-22(17-9-6-12-25(27)15-17)24-13-19(16-7-2-1-3-8-16)20-14-23-21-11-5-4-10-18(20)21/h1-12,14-15,19,23H,13H2,(H,24,26). The lowest BCUT2D eigenvalue weighted by Crippen LogP contribution is -2.32. The van der Waals surface area contributed by atoms with Crippen molar-refractivity contribution >= 4 is 16.8 Å². The van der Waals surface area contributed by atoms with Gasteiger partial charge in [0.2, 0.25) is 0 Å².